The zero-order valence-corrected chi connectivity index (χ0v) is 11.7. The van der Waals surface area contributed by atoms with Gasteiger partial charge in [-0.3, -0.25) is 0 Å². The van der Waals surface area contributed by atoms with Crippen LogP contribution in [0.4, 0.5) is 0 Å². The zero-order valence-electron chi connectivity index (χ0n) is 10.9. The predicted molar refractivity (Wildman–Crippen MR) is 77.2 cm³/mol. The number of rotatable bonds is 4. The monoisotopic (exact) mass is 287 g/mol. The highest BCUT2D eigenvalue weighted by atomic mass is 32.1. The van der Waals surface area contributed by atoms with E-state index in [2.05, 4.69) is 9.97 Å². The number of aromatic carboxylic acids is 1. The van der Waals surface area contributed by atoms with Crippen molar-refractivity contribution in [2.24, 2.45) is 0 Å². The number of nitrogens with zero attached hydrogens (tertiary/aromatic N) is 3. The molecule has 0 aliphatic heterocycles. The molecule has 6 heteroatoms. The van der Waals surface area contributed by atoms with Crippen LogP contribution in [0.1, 0.15) is 21.2 Å². The van der Waals surface area contributed by atoms with E-state index in [9.17, 15) is 9.90 Å². The lowest BCUT2D eigenvalue weighted by Gasteiger charge is -2.05. The number of carboxylic acids is 1. The third-order valence-corrected chi connectivity index (χ3v) is 4.07. The van der Waals surface area contributed by atoms with E-state index < -0.39 is 5.97 Å². The van der Waals surface area contributed by atoms with Crippen molar-refractivity contribution in [3.05, 3.63) is 46.2 Å². The first-order valence-corrected chi connectivity index (χ1v) is 7.12. The van der Waals surface area contributed by atoms with Gasteiger partial charge in [-0.25, -0.2) is 14.8 Å². The van der Waals surface area contributed by atoms with Gasteiger partial charge in [-0.2, -0.15) is 0 Å². The van der Waals surface area contributed by atoms with Crippen LogP contribution in [0.25, 0.3) is 11.0 Å². The maximum atomic E-state index is 11.2. The van der Waals surface area contributed by atoms with E-state index in [4.69, 9.17) is 0 Å². The summed E-state index contributed by atoms with van der Waals surface area (Å²) in [6, 6.07) is 5.25. The molecule has 0 spiro atoms. The molecule has 2 heterocycles. The number of hydrogen-bond donors (Lipinski definition) is 1. The minimum atomic E-state index is -0.944. The summed E-state index contributed by atoms with van der Waals surface area (Å²) in [6.07, 6.45) is 2.61. The second kappa shape index (κ2) is 5.05. The Kier molecular flexibility index (Phi) is 3.23. The fraction of sp³-hybridized carbons (Fsp3) is 0.214. The lowest BCUT2D eigenvalue weighted by molar-refractivity contribution is 0.0699. The van der Waals surface area contributed by atoms with E-state index in [0.717, 1.165) is 29.3 Å². The van der Waals surface area contributed by atoms with Crippen molar-refractivity contribution in [1.29, 1.82) is 0 Å². The molecule has 0 aliphatic rings. The normalized spacial score (nSPS) is 11.1. The van der Waals surface area contributed by atoms with E-state index in [0.29, 0.717) is 5.52 Å². The Bertz CT molecular complexity index is 762. The quantitative estimate of drug-likeness (QED) is 0.801. The van der Waals surface area contributed by atoms with E-state index in [1.165, 1.54) is 0 Å². The second-order valence-corrected chi connectivity index (χ2v) is 5.44. The van der Waals surface area contributed by atoms with Gasteiger partial charge in [-0.15, -0.1) is 11.3 Å². The standard InChI is InChI=1S/C14H13N3O2S/c1-9-16-13-10(14(18)19)3-2-4-11(13)17(9)7-5-12-15-6-8-20-12/h2-4,6,8H,5,7H2,1H3,(H,18,19). The van der Waals surface area contributed by atoms with Crippen LogP contribution in [0.2, 0.25) is 0 Å². The average molecular weight is 287 g/mol. The molecule has 20 heavy (non-hydrogen) atoms. The third kappa shape index (κ3) is 2.18. The lowest BCUT2D eigenvalue weighted by Crippen LogP contribution is -2.03. The van der Waals surface area contributed by atoms with Crippen molar-refractivity contribution in [3.63, 3.8) is 0 Å². The molecule has 5 nitrogen and oxygen atoms in total. The van der Waals surface area contributed by atoms with E-state index in [1.807, 2.05) is 22.9 Å². The molecule has 2 aromatic heterocycles. The molecule has 0 aliphatic carbocycles. The number of thiazole rings is 1. The van der Waals surface area contributed by atoms with Gasteiger partial charge in [0.2, 0.25) is 0 Å². The van der Waals surface area contributed by atoms with Crippen LogP contribution < -0.4 is 0 Å². The number of aryl methyl sites for hydroxylation is 3. The van der Waals surface area contributed by atoms with Crippen LogP contribution in [0, 0.1) is 6.92 Å². The van der Waals surface area contributed by atoms with Gasteiger partial charge in [0.25, 0.3) is 0 Å². The first kappa shape index (κ1) is 12.8. The molecule has 0 unspecified atom stereocenters. The highest BCUT2D eigenvalue weighted by Gasteiger charge is 2.14. The molecule has 0 fully saturated rings. The largest absolute Gasteiger partial charge is 0.478 e. The van der Waals surface area contributed by atoms with Crippen LogP contribution in [0.5, 0.6) is 0 Å². The number of fused-ring (bicyclic) bond motifs is 1. The van der Waals surface area contributed by atoms with Gasteiger partial charge in [0.05, 0.1) is 16.1 Å². The third-order valence-electron chi connectivity index (χ3n) is 3.23. The minimum Gasteiger partial charge on any atom is -0.478 e. The summed E-state index contributed by atoms with van der Waals surface area (Å²) >= 11 is 1.63. The summed E-state index contributed by atoms with van der Waals surface area (Å²) in [5.41, 5.74) is 1.66. The molecule has 0 bridgehead atoms. The molecule has 0 saturated carbocycles. The SMILES string of the molecule is Cc1nc2c(C(=O)O)cccc2n1CCc1nccs1. The van der Waals surface area contributed by atoms with E-state index in [-0.39, 0.29) is 5.56 Å². The summed E-state index contributed by atoms with van der Waals surface area (Å²) in [6.45, 7) is 2.65. The number of aromatic nitrogens is 3. The van der Waals surface area contributed by atoms with Crippen molar-refractivity contribution in [1.82, 2.24) is 14.5 Å². The van der Waals surface area contributed by atoms with Gasteiger partial charge < -0.3 is 9.67 Å². The molecule has 0 atom stereocenters. The number of carboxylic acid groups (broad SMARTS) is 1. The number of imidazole rings is 1. The lowest BCUT2D eigenvalue weighted by atomic mass is 10.2. The first-order chi connectivity index (χ1) is 9.66. The zero-order chi connectivity index (χ0) is 14.1. The number of para-hydroxylation sites is 1. The maximum absolute atomic E-state index is 11.2. The molecule has 3 aromatic rings. The van der Waals surface area contributed by atoms with Crippen LogP contribution >= 0.6 is 11.3 Å². The van der Waals surface area contributed by atoms with Crippen molar-refractivity contribution in [2.45, 2.75) is 19.9 Å². The van der Waals surface area contributed by atoms with Gasteiger partial charge in [0.15, 0.2) is 0 Å². The van der Waals surface area contributed by atoms with Gasteiger partial charge >= 0.3 is 5.97 Å². The topological polar surface area (TPSA) is 68.0 Å². The van der Waals surface area contributed by atoms with E-state index >= 15 is 0 Å². The highest BCUT2D eigenvalue weighted by Crippen LogP contribution is 2.21. The van der Waals surface area contributed by atoms with Gasteiger partial charge in [-0.05, 0) is 19.1 Å². The molecule has 3 rings (SSSR count). The number of carbonyl (C=O) groups is 1. The van der Waals surface area contributed by atoms with Crippen LogP contribution in [0.3, 0.4) is 0 Å². The van der Waals surface area contributed by atoms with Crippen molar-refractivity contribution < 1.29 is 9.90 Å². The van der Waals surface area contributed by atoms with E-state index in [1.54, 1.807) is 29.7 Å². The summed E-state index contributed by atoms with van der Waals surface area (Å²) in [7, 11) is 0. The Labute approximate surface area is 119 Å². The van der Waals surface area contributed by atoms with Crippen LogP contribution in [0.15, 0.2) is 29.8 Å². The summed E-state index contributed by atoms with van der Waals surface area (Å²) in [5.74, 6) is -0.120. The molecule has 0 saturated heterocycles. The maximum Gasteiger partial charge on any atom is 0.337 e. The van der Waals surface area contributed by atoms with Crippen LogP contribution in [-0.4, -0.2) is 25.6 Å². The van der Waals surface area contributed by atoms with Gasteiger partial charge in [-0.1, -0.05) is 6.07 Å². The van der Waals surface area contributed by atoms with Crippen molar-refractivity contribution in [3.8, 4) is 0 Å². The Morgan fingerprint density at radius 1 is 1.45 bits per heavy atom. The second-order valence-electron chi connectivity index (χ2n) is 4.46. The molecule has 1 N–H and O–H groups in total. The van der Waals surface area contributed by atoms with Crippen molar-refractivity contribution in [2.75, 3.05) is 0 Å². The van der Waals surface area contributed by atoms with Gasteiger partial charge in [0, 0.05) is 24.5 Å². The Morgan fingerprint density at radius 2 is 2.30 bits per heavy atom. The van der Waals surface area contributed by atoms with Crippen LogP contribution in [-0.2, 0) is 13.0 Å². The fourth-order valence-electron chi connectivity index (χ4n) is 2.30. The first-order valence-electron chi connectivity index (χ1n) is 6.24. The fourth-order valence-corrected chi connectivity index (χ4v) is 2.91. The van der Waals surface area contributed by atoms with Gasteiger partial charge in [0.1, 0.15) is 11.3 Å². The molecular weight excluding hydrogens is 274 g/mol. The Balaban J connectivity index is 2.00. The summed E-state index contributed by atoms with van der Waals surface area (Å²) < 4.78 is 2.04. The minimum absolute atomic E-state index is 0.249. The number of hydrogen-bond acceptors (Lipinski definition) is 4. The number of benzene rings is 1. The molecule has 1 aromatic carbocycles. The van der Waals surface area contributed by atoms with Crippen molar-refractivity contribution >= 4 is 28.3 Å². The highest BCUT2D eigenvalue weighted by molar-refractivity contribution is 7.09. The predicted octanol–water partition coefficient (Wildman–Crippen LogP) is 2.74. The Hall–Kier alpha value is -2.21. The summed E-state index contributed by atoms with van der Waals surface area (Å²) in [4.78, 5) is 19.9. The molecule has 102 valence electrons. The average Bonchev–Trinajstić information content (AvgIpc) is 3.02. The Morgan fingerprint density at radius 3 is 3.00 bits per heavy atom. The smallest absolute Gasteiger partial charge is 0.337 e. The molecule has 0 radical (unpaired) electrons. The summed E-state index contributed by atoms with van der Waals surface area (Å²) in [5, 5.41) is 12.2. The molecule has 0 amide bonds. The molecular formula is C14H13N3O2S.